The Hall–Kier alpha value is -3.71. The highest BCUT2D eigenvalue weighted by molar-refractivity contribution is 7.16. The molecule has 3 aliphatic heterocycles. The van der Waals surface area contributed by atoms with Gasteiger partial charge in [0.1, 0.15) is 17.2 Å². The Bertz CT molecular complexity index is 1880. The Kier molecular flexibility index (Phi) is 6.88. The third kappa shape index (κ3) is 4.44. The fourth-order valence-corrected chi connectivity index (χ4v) is 9.27. The number of aryl methyl sites for hydroxylation is 1. The standard InChI is InChI=1S/C31H37FN10O3S/c1-16(20-12-17(32)14-40(20)3)42-29-24(37-39-42)28(41-10-5-8-30(2,43)15-41)35-27(36-29)23-18-7-11-44-31(25(18)45-38-23)9-4-6-21-22(31)19(13-33)26(34)46-21/h16-17,20,43H,4-12,14-15,34H2,1-3H3/t16-,17+,20-,30+,31+/m0/s1. The van der Waals surface area contributed by atoms with Gasteiger partial charge in [-0.3, -0.25) is 4.90 Å². The van der Waals surface area contributed by atoms with E-state index in [1.165, 1.54) is 11.3 Å². The first-order chi connectivity index (χ1) is 22.1. The summed E-state index contributed by atoms with van der Waals surface area (Å²) in [5.41, 5.74) is 8.07. The van der Waals surface area contributed by atoms with Crippen molar-refractivity contribution in [1.82, 2.24) is 35.0 Å². The molecule has 242 valence electrons. The number of thiophene rings is 1. The van der Waals surface area contributed by atoms with E-state index in [0.717, 1.165) is 35.3 Å². The summed E-state index contributed by atoms with van der Waals surface area (Å²) in [7, 11) is 1.93. The zero-order valence-electron chi connectivity index (χ0n) is 26.2. The van der Waals surface area contributed by atoms with E-state index in [0.29, 0.717) is 96.7 Å². The molecule has 0 amide bonds. The average Bonchev–Trinajstić information content (AvgIpc) is 3.80. The molecule has 4 aromatic rings. The minimum Gasteiger partial charge on any atom is -0.389 e. The lowest BCUT2D eigenvalue weighted by atomic mass is 9.76. The van der Waals surface area contributed by atoms with E-state index in [2.05, 4.69) is 21.5 Å². The number of nitriles is 1. The molecule has 1 spiro atoms. The summed E-state index contributed by atoms with van der Waals surface area (Å²) in [6, 6.07) is 2.01. The summed E-state index contributed by atoms with van der Waals surface area (Å²) in [4.78, 5) is 15.2. The average molecular weight is 649 g/mol. The number of anilines is 2. The highest BCUT2D eigenvalue weighted by Gasteiger charge is 2.50. The van der Waals surface area contributed by atoms with Crippen molar-refractivity contribution in [2.75, 3.05) is 43.9 Å². The van der Waals surface area contributed by atoms with Crippen LogP contribution in [0.5, 0.6) is 0 Å². The number of likely N-dealkylation sites (N-methyl/N-ethyl adjacent to an activating group) is 1. The molecule has 0 radical (unpaired) electrons. The summed E-state index contributed by atoms with van der Waals surface area (Å²) in [5.74, 6) is 1.49. The third-order valence-electron chi connectivity index (χ3n) is 10.3. The molecule has 15 heteroatoms. The molecule has 13 nitrogen and oxygen atoms in total. The van der Waals surface area contributed by atoms with Crippen molar-refractivity contribution in [3.63, 3.8) is 0 Å². The monoisotopic (exact) mass is 648 g/mol. The number of β-amino-alcohol motifs (C(OH)–C–C–N with tert-alkyl or cyclic N) is 1. The van der Waals surface area contributed by atoms with Gasteiger partial charge in [0.2, 0.25) is 0 Å². The minimum absolute atomic E-state index is 0.0813. The molecule has 2 fully saturated rings. The van der Waals surface area contributed by atoms with Crippen molar-refractivity contribution in [2.45, 2.75) is 88.3 Å². The van der Waals surface area contributed by atoms with Crippen molar-refractivity contribution in [3.8, 4) is 17.6 Å². The number of nitrogens with zero attached hydrogens (tertiary/aromatic N) is 9. The Morgan fingerprint density at radius 3 is 2.85 bits per heavy atom. The van der Waals surface area contributed by atoms with Gasteiger partial charge in [0.25, 0.3) is 0 Å². The number of hydrogen-bond donors (Lipinski definition) is 2. The van der Waals surface area contributed by atoms with Gasteiger partial charge >= 0.3 is 0 Å². The van der Waals surface area contributed by atoms with Gasteiger partial charge in [-0.2, -0.15) is 5.26 Å². The van der Waals surface area contributed by atoms with Gasteiger partial charge in [0.05, 0.1) is 23.8 Å². The predicted octanol–water partition coefficient (Wildman–Crippen LogP) is 3.50. The number of aromatic nitrogens is 6. The molecule has 3 N–H and O–H groups in total. The summed E-state index contributed by atoms with van der Waals surface area (Å²) in [6.45, 7) is 5.68. The van der Waals surface area contributed by atoms with Crippen LogP contribution in [0.15, 0.2) is 4.52 Å². The van der Waals surface area contributed by atoms with Gasteiger partial charge in [-0.15, -0.1) is 16.4 Å². The number of likely N-dealkylation sites (tertiary alicyclic amines) is 1. The number of nitrogens with two attached hydrogens (primary N) is 1. The van der Waals surface area contributed by atoms with E-state index in [9.17, 15) is 14.8 Å². The number of rotatable bonds is 4. The van der Waals surface area contributed by atoms with Crippen LogP contribution < -0.4 is 10.6 Å². The molecule has 5 atom stereocenters. The van der Waals surface area contributed by atoms with Gasteiger partial charge in [-0.05, 0) is 59.4 Å². The minimum atomic E-state index is -0.960. The molecule has 7 heterocycles. The van der Waals surface area contributed by atoms with Gasteiger partial charge < -0.3 is 25.0 Å². The normalized spacial score (nSPS) is 28.8. The largest absolute Gasteiger partial charge is 0.389 e. The first-order valence-corrected chi connectivity index (χ1v) is 16.8. The summed E-state index contributed by atoms with van der Waals surface area (Å²) in [5, 5.41) is 35.2. The second-order valence-electron chi connectivity index (χ2n) is 13.5. The molecular weight excluding hydrogens is 611 g/mol. The summed E-state index contributed by atoms with van der Waals surface area (Å²) < 4.78 is 28.9. The number of aliphatic hydroxyl groups is 1. The highest BCUT2D eigenvalue weighted by atomic mass is 32.1. The van der Waals surface area contributed by atoms with E-state index in [4.69, 9.17) is 25.0 Å². The number of nitrogen functional groups attached to an aromatic ring is 1. The molecule has 46 heavy (non-hydrogen) atoms. The molecule has 2 saturated heterocycles. The van der Waals surface area contributed by atoms with Crippen molar-refractivity contribution in [3.05, 3.63) is 27.3 Å². The fraction of sp³-hybridized carbons (Fsp3) is 0.613. The second kappa shape index (κ2) is 10.7. The lowest BCUT2D eigenvalue weighted by Gasteiger charge is -2.38. The SMILES string of the molecule is C[C@@H]([C@@H]1C[C@@H](F)CN1C)n1nnc2c(N3CCC[C@@](C)(O)C3)nc(-c3noc4c3CCO[C@@]43CCCc4sc(N)c(C#N)c43)nc21. The summed E-state index contributed by atoms with van der Waals surface area (Å²) >= 11 is 1.44. The zero-order valence-corrected chi connectivity index (χ0v) is 27.0. The van der Waals surface area contributed by atoms with Crippen molar-refractivity contribution >= 4 is 33.3 Å². The van der Waals surface area contributed by atoms with Crippen LogP contribution in [0.2, 0.25) is 0 Å². The van der Waals surface area contributed by atoms with Crippen molar-refractivity contribution in [2.24, 2.45) is 0 Å². The lowest BCUT2D eigenvalue weighted by molar-refractivity contribution is -0.0580. The molecule has 4 aliphatic rings. The van der Waals surface area contributed by atoms with E-state index in [-0.39, 0.29) is 12.1 Å². The van der Waals surface area contributed by atoms with E-state index in [1.807, 2.05) is 30.7 Å². The Labute approximate surface area is 269 Å². The first-order valence-electron chi connectivity index (χ1n) is 16.0. The lowest BCUT2D eigenvalue weighted by Crippen LogP contribution is -2.46. The van der Waals surface area contributed by atoms with Crippen LogP contribution in [0.3, 0.4) is 0 Å². The number of hydrogen-bond acceptors (Lipinski definition) is 13. The van der Waals surface area contributed by atoms with Crippen LogP contribution in [-0.2, 0) is 23.2 Å². The zero-order chi connectivity index (χ0) is 32.0. The van der Waals surface area contributed by atoms with Gasteiger partial charge in [-0.25, -0.2) is 19.0 Å². The molecule has 0 aromatic carbocycles. The van der Waals surface area contributed by atoms with E-state index < -0.39 is 17.4 Å². The van der Waals surface area contributed by atoms with Crippen LogP contribution in [0.4, 0.5) is 15.2 Å². The Morgan fingerprint density at radius 1 is 1.24 bits per heavy atom. The molecule has 0 unspecified atom stereocenters. The summed E-state index contributed by atoms with van der Waals surface area (Å²) in [6.07, 6.45) is 3.82. The van der Waals surface area contributed by atoms with Gasteiger partial charge in [-0.1, -0.05) is 10.4 Å². The van der Waals surface area contributed by atoms with E-state index >= 15 is 0 Å². The highest BCUT2D eigenvalue weighted by Crippen LogP contribution is 2.53. The van der Waals surface area contributed by atoms with Gasteiger partial charge in [0.15, 0.2) is 39.9 Å². The van der Waals surface area contributed by atoms with Crippen LogP contribution in [0, 0.1) is 11.3 Å². The molecule has 0 saturated carbocycles. The van der Waals surface area contributed by atoms with Crippen LogP contribution >= 0.6 is 11.3 Å². The quantitative estimate of drug-likeness (QED) is 0.331. The van der Waals surface area contributed by atoms with Crippen molar-refractivity contribution < 1.29 is 18.8 Å². The molecule has 0 bridgehead atoms. The van der Waals surface area contributed by atoms with Crippen molar-refractivity contribution in [1.29, 1.82) is 5.26 Å². The topological polar surface area (TPSA) is 168 Å². The Balaban J connectivity index is 1.29. The maximum Gasteiger partial charge on any atom is 0.186 e. The molecule has 8 rings (SSSR count). The number of halogens is 1. The van der Waals surface area contributed by atoms with Crippen LogP contribution in [-0.4, -0.2) is 91.2 Å². The Morgan fingerprint density at radius 2 is 2.09 bits per heavy atom. The number of fused-ring (bicyclic) bond motifs is 5. The predicted molar refractivity (Wildman–Crippen MR) is 168 cm³/mol. The number of alkyl halides is 1. The van der Waals surface area contributed by atoms with E-state index in [1.54, 1.807) is 4.68 Å². The number of piperidine rings is 1. The van der Waals surface area contributed by atoms with Crippen LogP contribution in [0.1, 0.15) is 79.3 Å². The first kappa shape index (κ1) is 29.7. The third-order valence-corrected chi connectivity index (χ3v) is 11.4. The van der Waals surface area contributed by atoms with Crippen LogP contribution in [0.25, 0.3) is 22.7 Å². The number of ether oxygens (including phenoxy) is 1. The fourth-order valence-electron chi connectivity index (χ4n) is 8.14. The maximum atomic E-state index is 14.4. The second-order valence-corrected chi connectivity index (χ2v) is 14.7. The molecule has 4 aromatic heterocycles. The molecule has 1 aliphatic carbocycles. The molecular formula is C31H37FN10O3S. The smallest absolute Gasteiger partial charge is 0.186 e. The maximum absolute atomic E-state index is 14.4. The van der Waals surface area contributed by atoms with Gasteiger partial charge in [0, 0.05) is 48.1 Å².